The van der Waals surface area contributed by atoms with Crippen LogP contribution in [0.1, 0.15) is 22.3 Å². The third-order valence-electron chi connectivity index (χ3n) is 5.31. The van der Waals surface area contributed by atoms with Crippen molar-refractivity contribution < 1.29 is 14.3 Å². The van der Waals surface area contributed by atoms with Crippen LogP contribution < -0.4 is 19.7 Å². The summed E-state index contributed by atoms with van der Waals surface area (Å²) in [6.07, 6.45) is 1.78. The summed E-state index contributed by atoms with van der Waals surface area (Å²) in [6, 6.07) is 18.9. The summed E-state index contributed by atoms with van der Waals surface area (Å²) in [7, 11) is 1.61. The van der Waals surface area contributed by atoms with Gasteiger partial charge in [0, 0.05) is 10.6 Å². The molecular formula is C26H23ClN2O3S. The van der Waals surface area contributed by atoms with E-state index in [1.807, 2.05) is 74.5 Å². The molecule has 1 N–H and O–H groups in total. The van der Waals surface area contributed by atoms with Crippen molar-refractivity contribution in [2.75, 3.05) is 12.0 Å². The number of rotatable bonds is 6. The standard InChI is InChI=1S/C26H23ClN2O3S/c1-16-4-7-20(8-5-16)29-25(30)23(28-26(29)33)14-18-6-11-24(31-3)19(13-18)15-32-21-9-10-22(27)17(2)12-21/h4-14H,15H2,1-3H3,(H,28,33). The van der Waals surface area contributed by atoms with Gasteiger partial charge in [0.05, 0.1) is 12.8 Å². The lowest BCUT2D eigenvalue weighted by atomic mass is 10.1. The molecule has 33 heavy (non-hydrogen) atoms. The maximum atomic E-state index is 13.0. The Labute approximate surface area is 203 Å². The summed E-state index contributed by atoms with van der Waals surface area (Å²) in [5.41, 5.74) is 4.87. The number of benzene rings is 3. The number of nitrogens with zero attached hydrogens (tertiary/aromatic N) is 1. The van der Waals surface area contributed by atoms with E-state index in [9.17, 15) is 4.79 Å². The van der Waals surface area contributed by atoms with E-state index in [2.05, 4.69) is 5.32 Å². The fourth-order valence-corrected chi connectivity index (χ4v) is 3.92. The number of methoxy groups -OCH3 is 1. The van der Waals surface area contributed by atoms with Gasteiger partial charge in [0.15, 0.2) is 5.11 Å². The first-order valence-corrected chi connectivity index (χ1v) is 11.1. The monoisotopic (exact) mass is 478 g/mol. The molecule has 0 unspecified atom stereocenters. The topological polar surface area (TPSA) is 50.8 Å². The quantitative estimate of drug-likeness (QED) is 0.358. The highest BCUT2D eigenvalue weighted by molar-refractivity contribution is 7.80. The average Bonchev–Trinajstić information content (AvgIpc) is 3.08. The zero-order valence-corrected chi connectivity index (χ0v) is 20.1. The van der Waals surface area contributed by atoms with Crippen LogP contribution in [-0.2, 0) is 11.4 Å². The molecule has 0 radical (unpaired) electrons. The zero-order chi connectivity index (χ0) is 23.5. The Morgan fingerprint density at radius 2 is 1.82 bits per heavy atom. The molecule has 0 spiro atoms. The highest BCUT2D eigenvalue weighted by Gasteiger charge is 2.31. The molecule has 4 rings (SSSR count). The largest absolute Gasteiger partial charge is 0.496 e. The lowest BCUT2D eigenvalue weighted by molar-refractivity contribution is -0.113. The Morgan fingerprint density at radius 3 is 2.52 bits per heavy atom. The summed E-state index contributed by atoms with van der Waals surface area (Å²) in [6.45, 7) is 4.23. The summed E-state index contributed by atoms with van der Waals surface area (Å²) >= 11 is 11.5. The van der Waals surface area contributed by atoms with E-state index in [4.69, 9.17) is 33.3 Å². The molecule has 1 amide bonds. The van der Waals surface area contributed by atoms with Crippen LogP contribution in [0.4, 0.5) is 5.69 Å². The first-order valence-electron chi connectivity index (χ1n) is 10.4. The highest BCUT2D eigenvalue weighted by Crippen LogP contribution is 2.27. The van der Waals surface area contributed by atoms with Crippen LogP contribution in [0.25, 0.3) is 6.08 Å². The average molecular weight is 479 g/mol. The molecular weight excluding hydrogens is 456 g/mol. The Morgan fingerprint density at radius 1 is 1.06 bits per heavy atom. The smallest absolute Gasteiger partial charge is 0.281 e. The molecule has 168 valence electrons. The van der Waals surface area contributed by atoms with Gasteiger partial charge >= 0.3 is 0 Å². The van der Waals surface area contributed by atoms with Crippen LogP contribution in [0.5, 0.6) is 11.5 Å². The molecule has 1 aliphatic rings. The Hall–Kier alpha value is -3.35. The number of amides is 1. The fraction of sp³-hybridized carbons (Fsp3) is 0.154. The molecule has 0 bridgehead atoms. The van der Waals surface area contributed by atoms with Crippen molar-refractivity contribution in [2.45, 2.75) is 20.5 Å². The van der Waals surface area contributed by atoms with Gasteiger partial charge in [0.1, 0.15) is 23.8 Å². The number of hydrogen-bond acceptors (Lipinski definition) is 4. The minimum atomic E-state index is -0.200. The molecule has 0 saturated carbocycles. The van der Waals surface area contributed by atoms with E-state index in [1.54, 1.807) is 13.2 Å². The number of carbonyl (C=O) groups excluding carboxylic acids is 1. The summed E-state index contributed by atoms with van der Waals surface area (Å²) in [5, 5.41) is 4.07. The SMILES string of the molecule is COc1ccc(C=C2NC(=S)N(c3ccc(C)cc3)C2=O)cc1COc1ccc(Cl)c(C)c1. The molecule has 7 heteroatoms. The lowest BCUT2D eigenvalue weighted by Gasteiger charge is -2.14. The van der Waals surface area contributed by atoms with E-state index in [-0.39, 0.29) is 5.91 Å². The maximum absolute atomic E-state index is 13.0. The highest BCUT2D eigenvalue weighted by atomic mass is 35.5. The molecule has 1 saturated heterocycles. The van der Waals surface area contributed by atoms with Crippen LogP contribution in [0, 0.1) is 13.8 Å². The molecule has 0 atom stereocenters. The lowest BCUT2D eigenvalue weighted by Crippen LogP contribution is -2.30. The predicted octanol–water partition coefficient (Wildman–Crippen LogP) is 5.81. The van der Waals surface area contributed by atoms with Crippen molar-refractivity contribution >= 4 is 46.6 Å². The summed E-state index contributed by atoms with van der Waals surface area (Å²) < 4.78 is 11.4. The van der Waals surface area contributed by atoms with Crippen LogP contribution in [0.3, 0.4) is 0 Å². The molecule has 3 aromatic rings. The molecule has 3 aromatic carbocycles. The van der Waals surface area contributed by atoms with Crippen molar-refractivity contribution in [3.63, 3.8) is 0 Å². The minimum absolute atomic E-state index is 0.200. The summed E-state index contributed by atoms with van der Waals surface area (Å²) in [4.78, 5) is 14.5. The zero-order valence-electron chi connectivity index (χ0n) is 18.5. The van der Waals surface area contributed by atoms with E-state index in [0.29, 0.717) is 28.2 Å². The normalized spacial score (nSPS) is 14.5. The van der Waals surface area contributed by atoms with Crippen LogP contribution in [0.15, 0.2) is 66.4 Å². The number of thiocarbonyl (C=S) groups is 1. The maximum Gasteiger partial charge on any atom is 0.281 e. The van der Waals surface area contributed by atoms with Gasteiger partial charge in [-0.25, -0.2) is 0 Å². The summed E-state index contributed by atoms with van der Waals surface area (Å²) in [5.74, 6) is 1.22. The number of nitrogens with one attached hydrogen (secondary N) is 1. The number of ether oxygens (including phenoxy) is 2. The predicted molar refractivity (Wildman–Crippen MR) is 136 cm³/mol. The van der Waals surface area contributed by atoms with Gasteiger partial charge in [-0.2, -0.15) is 0 Å². The minimum Gasteiger partial charge on any atom is -0.496 e. The van der Waals surface area contributed by atoms with Gasteiger partial charge < -0.3 is 14.8 Å². The second kappa shape index (κ2) is 9.65. The first kappa shape index (κ1) is 22.8. The van der Waals surface area contributed by atoms with Gasteiger partial charge in [-0.15, -0.1) is 0 Å². The van der Waals surface area contributed by atoms with E-state index < -0.39 is 0 Å². The van der Waals surface area contributed by atoms with Gasteiger partial charge in [0.25, 0.3) is 5.91 Å². The third kappa shape index (κ3) is 5.02. The number of anilines is 1. The van der Waals surface area contributed by atoms with Crippen LogP contribution in [-0.4, -0.2) is 18.1 Å². The molecule has 0 aromatic heterocycles. The van der Waals surface area contributed by atoms with Gasteiger partial charge in [-0.05, 0) is 85.7 Å². The van der Waals surface area contributed by atoms with Crippen molar-refractivity contribution in [2.24, 2.45) is 0 Å². The van der Waals surface area contributed by atoms with E-state index >= 15 is 0 Å². The number of aryl methyl sites for hydroxylation is 2. The molecule has 1 heterocycles. The van der Waals surface area contributed by atoms with Gasteiger partial charge in [0.2, 0.25) is 0 Å². The van der Waals surface area contributed by atoms with Gasteiger partial charge in [-0.1, -0.05) is 35.4 Å². The molecule has 1 aliphatic heterocycles. The van der Waals surface area contributed by atoms with E-state index in [0.717, 1.165) is 33.7 Å². The number of carbonyl (C=O) groups is 1. The second-order valence-electron chi connectivity index (χ2n) is 7.74. The Kier molecular flexibility index (Phi) is 6.67. The molecule has 0 aliphatic carbocycles. The molecule has 5 nitrogen and oxygen atoms in total. The van der Waals surface area contributed by atoms with E-state index in [1.165, 1.54) is 4.90 Å². The second-order valence-corrected chi connectivity index (χ2v) is 8.53. The molecule has 1 fully saturated rings. The van der Waals surface area contributed by atoms with Crippen molar-refractivity contribution in [3.8, 4) is 11.5 Å². The Bertz CT molecular complexity index is 1250. The van der Waals surface area contributed by atoms with Crippen LogP contribution >= 0.6 is 23.8 Å². The third-order valence-corrected chi connectivity index (χ3v) is 6.02. The van der Waals surface area contributed by atoms with Crippen molar-refractivity contribution in [3.05, 3.63) is 93.6 Å². The number of hydrogen-bond donors (Lipinski definition) is 1. The fourth-order valence-electron chi connectivity index (χ4n) is 3.50. The van der Waals surface area contributed by atoms with Crippen molar-refractivity contribution in [1.29, 1.82) is 0 Å². The first-order chi connectivity index (χ1) is 15.9. The number of halogens is 1. The Balaban J connectivity index is 1.56. The van der Waals surface area contributed by atoms with Gasteiger partial charge in [-0.3, -0.25) is 9.69 Å². The van der Waals surface area contributed by atoms with Crippen molar-refractivity contribution in [1.82, 2.24) is 5.32 Å². The van der Waals surface area contributed by atoms with Crippen LogP contribution in [0.2, 0.25) is 5.02 Å².